The highest BCUT2D eigenvalue weighted by Gasteiger charge is 2.23. The maximum Gasteiger partial charge on any atom is 0.511 e. The van der Waals surface area contributed by atoms with Crippen LogP contribution in [0.5, 0.6) is 0 Å². The zero-order chi connectivity index (χ0) is 34.8. The van der Waals surface area contributed by atoms with Crippen molar-refractivity contribution in [3.8, 4) is 11.1 Å². The number of aliphatic hydroxyl groups is 1. The topological polar surface area (TPSA) is 103 Å². The van der Waals surface area contributed by atoms with Gasteiger partial charge in [0.1, 0.15) is 12.6 Å². The average Bonchev–Trinajstić information content (AvgIpc) is 3.10. The summed E-state index contributed by atoms with van der Waals surface area (Å²) >= 11 is 0. The lowest BCUT2D eigenvalue weighted by Crippen LogP contribution is -2.53. The highest BCUT2D eigenvalue weighted by atomic mass is 16.8. The zero-order valence-corrected chi connectivity index (χ0v) is 29.0. The summed E-state index contributed by atoms with van der Waals surface area (Å²) < 4.78 is 22.5. The van der Waals surface area contributed by atoms with E-state index in [2.05, 4.69) is 49.9 Å². The summed E-state index contributed by atoms with van der Waals surface area (Å²) in [5, 5.41) is 13.2. The summed E-state index contributed by atoms with van der Waals surface area (Å²) in [6.07, 6.45) is 1.83. The molecule has 0 amide bonds. The lowest BCUT2D eigenvalue weighted by atomic mass is 9.96. The number of ether oxygens (including phenoxy) is 4. The lowest BCUT2D eigenvalue weighted by molar-refractivity contribution is -0.947. The van der Waals surface area contributed by atoms with Gasteiger partial charge in [-0.25, -0.2) is 14.2 Å². The SMILES string of the molecule is CC(OC(=O)OC1CCCCC1)OC(=O)c1ccc(-c2ccccc2C(C)OC[C@H](O)CN[N+](C)(C)Cc2ccc3ccccc3c2)cc1. The standard InChI is InChI=1S/C40H49N2O7/c1-28(46-27-35(43)25-41-42(3,4)26-30-18-19-31-12-8-9-13-34(31)24-30)37-16-10-11-17-38(37)32-20-22-33(23-21-32)39(44)47-29(2)48-40(45)49-36-14-6-5-7-15-36/h8-13,16-24,28-29,35-36,41,43H,5-7,14-15,25-27H2,1-4H3/q+1/t28?,29?,35-/m1/s1. The number of hydrogen-bond acceptors (Lipinski definition) is 8. The molecule has 9 heteroatoms. The molecule has 2 N–H and O–H groups in total. The molecule has 0 spiro atoms. The van der Waals surface area contributed by atoms with E-state index >= 15 is 0 Å². The van der Waals surface area contributed by atoms with E-state index in [1.807, 2.05) is 55.5 Å². The third kappa shape index (κ3) is 10.6. The highest BCUT2D eigenvalue weighted by molar-refractivity contribution is 5.90. The molecular formula is C40H49N2O7+. The zero-order valence-electron chi connectivity index (χ0n) is 29.0. The number of fused-ring (bicyclic) bond motifs is 1. The predicted molar refractivity (Wildman–Crippen MR) is 189 cm³/mol. The first-order valence-electron chi connectivity index (χ1n) is 17.2. The fourth-order valence-electron chi connectivity index (χ4n) is 6.23. The molecule has 0 bridgehead atoms. The quantitative estimate of drug-likeness (QED) is 0.0609. The lowest BCUT2D eigenvalue weighted by Gasteiger charge is -2.31. The van der Waals surface area contributed by atoms with Crippen LogP contribution in [0.2, 0.25) is 0 Å². The van der Waals surface area contributed by atoms with Crippen molar-refractivity contribution >= 4 is 22.9 Å². The molecule has 1 saturated carbocycles. The van der Waals surface area contributed by atoms with Gasteiger partial charge in [-0.2, -0.15) is 5.43 Å². The van der Waals surface area contributed by atoms with Gasteiger partial charge in [0.2, 0.25) is 6.29 Å². The summed E-state index contributed by atoms with van der Waals surface area (Å²) in [5.74, 6) is -0.601. The Hall–Kier alpha value is -4.28. The first-order chi connectivity index (χ1) is 23.6. The summed E-state index contributed by atoms with van der Waals surface area (Å²) in [4.78, 5) is 24.9. The molecule has 3 atom stereocenters. The van der Waals surface area contributed by atoms with Crippen LogP contribution in [0.15, 0.2) is 91.0 Å². The van der Waals surface area contributed by atoms with Crippen LogP contribution in [0.4, 0.5) is 4.79 Å². The maximum atomic E-state index is 12.7. The van der Waals surface area contributed by atoms with Gasteiger partial charge >= 0.3 is 12.1 Å². The van der Waals surface area contributed by atoms with E-state index in [1.54, 1.807) is 12.1 Å². The van der Waals surface area contributed by atoms with Crippen LogP contribution in [0.1, 0.15) is 73.5 Å². The normalized spacial score (nSPS) is 15.7. The van der Waals surface area contributed by atoms with Crippen molar-refractivity contribution < 1.29 is 38.2 Å². The summed E-state index contributed by atoms with van der Waals surface area (Å²) in [6, 6.07) is 29.8. The fraction of sp³-hybridized carbons (Fsp3) is 0.400. The number of benzene rings is 4. The molecule has 9 nitrogen and oxygen atoms in total. The number of rotatable bonds is 14. The van der Waals surface area contributed by atoms with E-state index < -0.39 is 24.5 Å². The molecule has 2 unspecified atom stereocenters. The molecular weight excluding hydrogens is 620 g/mol. The number of quaternary nitrogens is 1. The van der Waals surface area contributed by atoms with E-state index in [4.69, 9.17) is 18.9 Å². The first kappa shape index (κ1) is 36.0. The molecule has 4 aromatic carbocycles. The van der Waals surface area contributed by atoms with Crippen LogP contribution in [0, 0.1) is 0 Å². The van der Waals surface area contributed by atoms with Crippen LogP contribution in [-0.4, -0.2) is 67.6 Å². The van der Waals surface area contributed by atoms with Crippen LogP contribution in [0.3, 0.4) is 0 Å². The van der Waals surface area contributed by atoms with Crippen molar-refractivity contribution in [3.63, 3.8) is 0 Å². The van der Waals surface area contributed by atoms with Crippen molar-refractivity contribution in [1.82, 2.24) is 5.43 Å². The van der Waals surface area contributed by atoms with Crippen LogP contribution >= 0.6 is 0 Å². The largest absolute Gasteiger partial charge is 0.511 e. The van der Waals surface area contributed by atoms with Gasteiger partial charge in [-0.05, 0) is 78.3 Å². The van der Waals surface area contributed by atoms with Gasteiger partial charge in [-0.3, -0.25) is 0 Å². The van der Waals surface area contributed by atoms with Crippen molar-refractivity contribution in [2.45, 2.75) is 77.1 Å². The van der Waals surface area contributed by atoms with Gasteiger partial charge in [0.15, 0.2) is 0 Å². The number of carbonyl (C=O) groups is 2. The molecule has 1 fully saturated rings. The minimum absolute atomic E-state index is 0.140. The maximum absolute atomic E-state index is 12.7. The number of nitrogens with one attached hydrogen (secondary N) is 1. The van der Waals surface area contributed by atoms with Crippen LogP contribution in [0.25, 0.3) is 21.9 Å². The molecule has 0 aromatic heterocycles. The van der Waals surface area contributed by atoms with Gasteiger partial charge in [0.05, 0.1) is 45.0 Å². The Morgan fingerprint density at radius 1 is 0.857 bits per heavy atom. The monoisotopic (exact) mass is 669 g/mol. The van der Waals surface area contributed by atoms with E-state index in [0.717, 1.165) is 55.3 Å². The molecule has 1 aliphatic carbocycles. The summed E-state index contributed by atoms with van der Waals surface area (Å²) in [7, 11) is 4.16. The van der Waals surface area contributed by atoms with Gasteiger partial charge in [0, 0.05) is 12.5 Å². The Bertz CT molecular complexity index is 1680. The number of hydrogen-bond donors (Lipinski definition) is 2. The number of aliphatic hydroxyl groups excluding tert-OH is 1. The molecule has 260 valence electrons. The summed E-state index contributed by atoms with van der Waals surface area (Å²) in [6.45, 7) is 4.76. The van der Waals surface area contributed by atoms with Crippen molar-refractivity contribution in [2.75, 3.05) is 27.2 Å². The van der Waals surface area contributed by atoms with E-state index in [1.165, 1.54) is 23.3 Å². The van der Waals surface area contributed by atoms with Gasteiger partial charge < -0.3 is 24.1 Å². The minimum atomic E-state index is -1.08. The molecule has 49 heavy (non-hydrogen) atoms. The van der Waals surface area contributed by atoms with Crippen molar-refractivity contribution in [2.24, 2.45) is 0 Å². The Morgan fingerprint density at radius 3 is 2.31 bits per heavy atom. The molecule has 1 aliphatic rings. The molecule has 4 aromatic rings. The van der Waals surface area contributed by atoms with E-state index in [9.17, 15) is 14.7 Å². The minimum Gasteiger partial charge on any atom is -0.431 e. The molecule has 5 rings (SSSR count). The number of nitrogens with zero attached hydrogens (tertiary/aromatic N) is 1. The van der Waals surface area contributed by atoms with Crippen molar-refractivity contribution in [3.05, 3.63) is 108 Å². The van der Waals surface area contributed by atoms with E-state index in [0.29, 0.717) is 16.7 Å². The molecule has 0 saturated heterocycles. The Balaban J connectivity index is 1.10. The van der Waals surface area contributed by atoms with E-state index in [-0.39, 0.29) is 18.8 Å². The van der Waals surface area contributed by atoms with Crippen LogP contribution < -0.4 is 5.43 Å². The first-order valence-corrected chi connectivity index (χ1v) is 17.2. The Kier molecular flexibility index (Phi) is 12.4. The highest BCUT2D eigenvalue weighted by Crippen LogP contribution is 2.30. The average molecular weight is 670 g/mol. The van der Waals surface area contributed by atoms with Crippen molar-refractivity contribution in [1.29, 1.82) is 0 Å². The Morgan fingerprint density at radius 2 is 1.55 bits per heavy atom. The third-order valence-corrected chi connectivity index (χ3v) is 8.87. The molecule has 0 aliphatic heterocycles. The summed E-state index contributed by atoms with van der Waals surface area (Å²) in [5.41, 5.74) is 7.81. The van der Waals surface area contributed by atoms with Gasteiger partial charge in [0.25, 0.3) is 0 Å². The second kappa shape index (κ2) is 16.9. The Labute approximate surface area is 289 Å². The molecule has 0 heterocycles. The second-order valence-corrected chi connectivity index (χ2v) is 13.4. The number of esters is 1. The smallest absolute Gasteiger partial charge is 0.431 e. The van der Waals surface area contributed by atoms with Gasteiger partial charge in [-0.1, -0.05) is 79.2 Å². The van der Waals surface area contributed by atoms with Crippen LogP contribution in [-0.2, 0) is 25.5 Å². The fourth-order valence-corrected chi connectivity index (χ4v) is 6.23. The van der Waals surface area contributed by atoms with Gasteiger partial charge in [-0.15, -0.1) is 0 Å². The molecule has 0 radical (unpaired) electrons. The predicted octanol–water partition coefficient (Wildman–Crippen LogP) is 7.72. The number of carbonyl (C=O) groups excluding carboxylic acids is 2. The second-order valence-electron chi connectivity index (χ2n) is 13.4. The third-order valence-electron chi connectivity index (χ3n) is 8.87.